The number of aliphatic hydroxyl groups excluding tert-OH is 1. The Balaban J connectivity index is 2.44. The molecule has 0 unspecified atom stereocenters. The Morgan fingerprint density at radius 2 is 1.95 bits per heavy atom. The van der Waals surface area contributed by atoms with Gasteiger partial charge in [-0.2, -0.15) is 9.79 Å². The van der Waals surface area contributed by atoms with E-state index < -0.39 is 12.5 Å². The standard InChI is InChI=1S/C11H12N6O2/c12-11(13)14-10(19)9-8(6-18)15-17(16-9)7-4-2-1-3-5-7/h1-5,18H,6H2,(H4,12,13,14,19). The number of para-hydroxylation sites is 1. The summed E-state index contributed by atoms with van der Waals surface area (Å²) in [6.07, 6.45) is 0. The molecule has 1 heterocycles. The molecule has 0 saturated carbocycles. The lowest BCUT2D eigenvalue weighted by atomic mass is 10.3. The predicted molar refractivity (Wildman–Crippen MR) is 67.4 cm³/mol. The van der Waals surface area contributed by atoms with E-state index in [1.807, 2.05) is 6.07 Å². The molecule has 0 aliphatic heterocycles. The predicted octanol–water partition coefficient (Wildman–Crippen LogP) is -0.827. The van der Waals surface area contributed by atoms with Crippen LogP contribution >= 0.6 is 0 Å². The summed E-state index contributed by atoms with van der Waals surface area (Å²) in [7, 11) is 0. The molecule has 0 aliphatic rings. The minimum absolute atomic E-state index is 0.0836. The number of hydrogen-bond donors (Lipinski definition) is 3. The molecule has 8 nitrogen and oxygen atoms in total. The molecule has 2 aromatic rings. The molecule has 5 N–H and O–H groups in total. The summed E-state index contributed by atoms with van der Waals surface area (Å²) in [6, 6.07) is 8.96. The van der Waals surface area contributed by atoms with Crippen LogP contribution in [0.3, 0.4) is 0 Å². The lowest BCUT2D eigenvalue weighted by Gasteiger charge is -1.96. The van der Waals surface area contributed by atoms with Gasteiger partial charge in [-0.3, -0.25) is 4.79 Å². The van der Waals surface area contributed by atoms with E-state index >= 15 is 0 Å². The van der Waals surface area contributed by atoms with Crippen molar-refractivity contribution in [1.29, 1.82) is 0 Å². The number of nitrogens with zero attached hydrogens (tertiary/aromatic N) is 4. The van der Waals surface area contributed by atoms with E-state index in [9.17, 15) is 9.90 Å². The highest BCUT2D eigenvalue weighted by atomic mass is 16.3. The highest BCUT2D eigenvalue weighted by Crippen LogP contribution is 2.10. The Hall–Kier alpha value is -2.74. The number of guanidine groups is 1. The highest BCUT2D eigenvalue weighted by molar-refractivity contribution is 6.01. The second kappa shape index (κ2) is 5.27. The van der Waals surface area contributed by atoms with Crippen LogP contribution < -0.4 is 11.5 Å². The maximum Gasteiger partial charge on any atom is 0.302 e. The van der Waals surface area contributed by atoms with Gasteiger partial charge >= 0.3 is 5.91 Å². The molecular weight excluding hydrogens is 248 g/mol. The third-order valence-electron chi connectivity index (χ3n) is 2.25. The Labute approximate surface area is 108 Å². The van der Waals surface area contributed by atoms with Gasteiger partial charge in [0.25, 0.3) is 0 Å². The fourth-order valence-corrected chi connectivity index (χ4v) is 1.46. The molecule has 1 aromatic heterocycles. The summed E-state index contributed by atoms with van der Waals surface area (Å²) in [5.74, 6) is -1.12. The number of aliphatic hydroxyl groups is 1. The van der Waals surface area contributed by atoms with Crippen molar-refractivity contribution >= 4 is 11.9 Å². The van der Waals surface area contributed by atoms with Crippen molar-refractivity contribution in [1.82, 2.24) is 15.0 Å². The van der Waals surface area contributed by atoms with E-state index in [2.05, 4.69) is 15.2 Å². The van der Waals surface area contributed by atoms with Gasteiger partial charge in [0.15, 0.2) is 11.7 Å². The molecule has 1 amide bonds. The Morgan fingerprint density at radius 1 is 1.26 bits per heavy atom. The number of rotatable bonds is 3. The smallest absolute Gasteiger partial charge is 0.302 e. The Morgan fingerprint density at radius 3 is 2.53 bits per heavy atom. The zero-order chi connectivity index (χ0) is 13.8. The molecule has 0 fully saturated rings. The van der Waals surface area contributed by atoms with Crippen molar-refractivity contribution in [2.45, 2.75) is 6.61 Å². The zero-order valence-corrected chi connectivity index (χ0v) is 9.89. The van der Waals surface area contributed by atoms with Gasteiger partial charge in [0.2, 0.25) is 0 Å². The monoisotopic (exact) mass is 260 g/mol. The molecule has 0 radical (unpaired) electrons. The molecule has 1 aromatic carbocycles. The highest BCUT2D eigenvalue weighted by Gasteiger charge is 2.18. The quantitative estimate of drug-likeness (QED) is 0.487. The third-order valence-corrected chi connectivity index (χ3v) is 2.25. The second-order valence-corrected chi connectivity index (χ2v) is 3.62. The number of aromatic nitrogens is 3. The molecule has 8 heteroatoms. The van der Waals surface area contributed by atoms with E-state index in [4.69, 9.17) is 11.5 Å². The van der Waals surface area contributed by atoms with Crippen molar-refractivity contribution in [3.8, 4) is 5.69 Å². The zero-order valence-electron chi connectivity index (χ0n) is 9.89. The minimum Gasteiger partial charge on any atom is -0.390 e. The van der Waals surface area contributed by atoms with Crippen LogP contribution in [-0.2, 0) is 6.61 Å². The number of hydrogen-bond acceptors (Lipinski definition) is 4. The van der Waals surface area contributed by atoms with Crippen LogP contribution in [0.15, 0.2) is 35.3 Å². The van der Waals surface area contributed by atoms with Crippen molar-refractivity contribution in [2.24, 2.45) is 16.5 Å². The average Bonchev–Trinajstić information content (AvgIpc) is 2.83. The number of amides is 1. The lowest BCUT2D eigenvalue weighted by Crippen LogP contribution is -2.24. The van der Waals surface area contributed by atoms with Crippen LogP contribution in [-0.4, -0.2) is 32.0 Å². The first-order valence-corrected chi connectivity index (χ1v) is 5.38. The van der Waals surface area contributed by atoms with Crippen LogP contribution in [0.5, 0.6) is 0 Å². The van der Waals surface area contributed by atoms with Gasteiger partial charge in [0.05, 0.1) is 12.3 Å². The maximum atomic E-state index is 11.7. The van der Waals surface area contributed by atoms with Gasteiger partial charge in [-0.05, 0) is 12.1 Å². The van der Waals surface area contributed by atoms with Crippen molar-refractivity contribution < 1.29 is 9.90 Å². The molecular formula is C11H12N6O2. The summed E-state index contributed by atoms with van der Waals surface area (Å²) in [4.78, 5) is 16.3. The Bertz CT molecular complexity index is 615. The van der Waals surface area contributed by atoms with Crippen LogP contribution in [0, 0.1) is 0 Å². The molecule has 0 aliphatic carbocycles. The summed E-state index contributed by atoms with van der Waals surface area (Å²) in [5.41, 5.74) is 10.9. The van der Waals surface area contributed by atoms with Gasteiger partial charge in [0.1, 0.15) is 5.69 Å². The maximum absolute atomic E-state index is 11.7. The van der Waals surface area contributed by atoms with Gasteiger partial charge in [-0.25, -0.2) is 0 Å². The molecule has 0 saturated heterocycles. The summed E-state index contributed by atoms with van der Waals surface area (Å²) >= 11 is 0. The van der Waals surface area contributed by atoms with Gasteiger partial charge in [0, 0.05) is 0 Å². The number of nitrogens with two attached hydrogens (primary N) is 2. The van der Waals surface area contributed by atoms with Crippen LogP contribution in [0.1, 0.15) is 16.2 Å². The number of carbonyl (C=O) groups excluding carboxylic acids is 1. The van der Waals surface area contributed by atoms with Gasteiger partial charge in [-0.1, -0.05) is 18.2 Å². The van der Waals surface area contributed by atoms with Crippen molar-refractivity contribution in [3.63, 3.8) is 0 Å². The first-order valence-electron chi connectivity index (χ1n) is 5.38. The first-order chi connectivity index (χ1) is 9.11. The van der Waals surface area contributed by atoms with E-state index in [1.165, 1.54) is 4.80 Å². The normalized spacial score (nSPS) is 10.2. The van der Waals surface area contributed by atoms with Crippen LogP contribution in [0.2, 0.25) is 0 Å². The molecule has 0 bridgehead atoms. The van der Waals surface area contributed by atoms with Gasteiger partial charge < -0.3 is 16.6 Å². The van der Waals surface area contributed by atoms with Gasteiger partial charge in [-0.15, -0.1) is 10.2 Å². The second-order valence-electron chi connectivity index (χ2n) is 3.62. The summed E-state index contributed by atoms with van der Waals surface area (Å²) in [6.45, 7) is -0.437. The van der Waals surface area contributed by atoms with E-state index in [-0.39, 0.29) is 17.3 Å². The van der Waals surface area contributed by atoms with Crippen LogP contribution in [0.25, 0.3) is 5.69 Å². The lowest BCUT2D eigenvalue weighted by molar-refractivity contribution is 0.0994. The third kappa shape index (κ3) is 2.75. The molecule has 0 atom stereocenters. The van der Waals surface area contributed by atoms with Crippen LogP contribution in [0.4, 0.5) is 0 Å². The molecule has 19 heavy (non-hydrogen) atoms. The minimum atomic E-state index is -0.744. The Kier molecular flexibility index (Phi) is 3.53. The summed E-state index contributed by atoms with van der Waals surface area (Å²) < 4.78 is 0. The average molecular weight is 260 g/mol. The largest absolute Gasteiger partial charge is 0.390 e. The first kappa shape index (κ1) is 12.7. The number of aliphatic imine (C=N–C) groups is 1. The molecule has 98 valence electrons. The summed E-state index contributed by atoms with van der Waals surface area (Å²) in [5, 5.41) is 17.2. The van der Waals surface area contributed by atoms with E-state index in [0.29, 0.717) is 5.69 Å². The SMILES string of the molecule is NC(N)=NC(=O)c1nn(-c2ccccc2)nc1CO. The number of benzene rings is 1. The van der Waals surface area contributed by atoms with E-state index in [0.717, 1.165) is 0 Å². The topological polar surface area (TPSA) is 132 Å². The van der Waals surface area contributed by atoms with Crippen molar-refractivity contribution in [3.05, 3.63) is 41.7 Å². The fourth-order valence-electron chi connectivity index (χ4n) is 1.46. The van der Waals surface area contributed by atoms with Crippen molar-refractivity contribution in [2.75, 3.05) is 0 Å². The number of carbonyl (C=O) groups is 1. The fraction of sp³-hybridized carbons (Fsp3) is 0.0909. The molecule has 2 rings (SSSR count). The van der Waals surface area contributed by atoms with E-state index in [1.54, 1.807) is 24.3 Å². The molecule has 0 spiro atoms.